The van der Waals surface area contributed by atoms with Crippen molar-refractivity contribution < 1.29 is 43.3 Å². The van der Waals surface area contributed by atoms with E-state index in [1.807, 2.05) is 24.3 Å². The fourth-order valence-corrected chi connectivity index (χ4v) is 7.52. The summed E-state index contributed by atoms with van der Waals surface area (Å²) in [6.45, 7) is 8.17. The molecular weight excluding hydrogens is 835 g/mol. The molecule has 65 heavy (non-hydrogen) atoms. The Kier molecular flexibility index (Phi) is 17.7. The molecule has 4 amide bonds. The number of aryl methyl sites for hydroxylation is 2. The lowest BCUT2D eigenvalue weighted by Gasteiger charge is -2.32. The Labute approximate surface area is 379 Å². The number of carboxylic acids is 1. The summed E-state index contributed by atoms with van der Waals surface area (Å²) in [5.41, 5.74) is 21.0. The Morgan fingerprint density at radius 1 is 0.831 bits per heavy atom. The number of unbranched alkanes of at least 4 members (excludes halogenated alkanes) is 2. The summed E-state index contributed by atoms with van der Waals surface area (Å²) >= 11 is 0. The predicted molar refractivity (Wildman–Crippen MR) is 244 cm³/mol. The molecule has 1 aliphatic rings. The first-order chi connectivity index (χ1) is 31.2. The fraction of sp³-hybridized carbons (Fsp3) is 0.426. The van der Waals surface area contributed by atoms with Crippen molar-refractivity contribution in [3.05, 3.63) is 88.7 Å². The molecule has 4 bridgehead atoms. The van der Waals surface area contributed by atoms with Crippen LogP contribution in [-0.2, 0) is 25.6 Å². The molecule has 0 unspecified atom stereocenters. The van der Waals surface area contributed by atoms with Gasteiger partial charge in [-0.25, -0.2) is 14.8 Å². The summed E-state index contributed by atoms with van der Waals surface area (Å²) in [6, 6.07) is 12.1. The Balaban J connectivity index is 1.52. The highest BCUT2D eigenvalue weighted by Crippen LogP contribution is 2.40. The number of carbonyl (C=O) groups excluding carboxylic acids is 4. The van der Waals surface area contributed by atoms with Crippen LogP contribution in [0.3, 0.4) is 0 Å². The number of nitrogens with two attached hydrogens (primary N) is 3. The molecule has 0 saturated heterocycles. The van der Waals surface area contributed by atoms with Gasteiger partial charge in [0.2, 0.25) is 17.7 Å². The molecule has 18 heteroatoms. The van der Waals surface area contributed by atoms with Crippen LogP contribution in [0, 0.1) is 13.8 Å². The molecule has 10 N–H and O–H groups in total. The van der Waals surface area contributed by atoms with Crippen molar-refractivity contribution in [3.63, 3.8) is 0 Å². The van der Waals surface area contributed by atoms with E-state index in [4.69, 9.17) is 31.4 Å². The van der Waals surface area contributed by atoms with Gasteiger partial charge in [-0.15, -0.1) is 0 Å². The molecule has 4 atom stereocenters. The summed E-state index contributed by atoms with van der Waals surface area (Å²) in [5.74, 6) is -2.23. The number of rotatable bonds is 19. The van der Waals surface area contributed by atoms with Gasteiger partial charge in [-0.2, -0.15) is 0 Å². The van der Waals surface area contributed by atoms with Crippen LogP contribution in [0.15, 0.2) is 60.7 Å². The minimum Gasteiger partial charge on any atom is -0.494 e. The minimum atomic E-state index is -1.41. The number of hydrogen-bond donors (Lipinski definition) is 7. The first kappa shape index (κ1) is 49.4. The molecule has 0 saturated carbocycles. The molecule has 5 rings (SSSR count). The zero-order valence-corrected chi connectivity index (χ0v) is 37.6. The molecular formula is C47H61N9O9. The van der Waals surface area contributed by atoms with Crippen LogP contribution in [0.1, 0.15) is 78.4 Å². The number of nitrogens with one attached hydrogen (secondary N) is 3. The number of aromatic nitrogens is 2. The second kappa shape index (κ2) is 23.3. The second-order valence-electron chi connectivity index (χ2n) is 15.8. The Morgan fingerprint density at radius 3 is 2.06 bits per heavy atom. The van der Waals surface area contributed by atoms with Gasteiger partial charge < -0.3 is 57.4 Å². The summed E-state index contributed by atoms with van der Waals surface area (Å²) in [7, 11) is 1.40. The SMILES string of the molecule is CCCCCOc1ccc(-c2nc(C)c(C(=O)N[C@@H](CCN)C(=O)N(C)[C@@H]3C(=O)N[C@@H](C)C(=O)N[C@H](C(=O)O)Cc4ccc(OCCN)c(c4)-c4cc3ccc4OCCN)c(C)n2)cc1. The van der Waals surface area contributed by atoms with Crippen LogP contribution in [0.4, 0.5) is 0 Å². The van der Waals surface area contributed by atoms with E-state index < -0.39 is 53.8 Å². The number of nitrogens with zero attached hydrogens (tertiary/aromatic N) is 3. The number of ether oxygens (including phenoxy) is 3. The molecule has 0 spiro atoms. The highest BCUT2D eigenvalue weighted by molar-refractivity contribution is 6.00. The smallest absolute Gasteiger partial charge is 0.326 e. The third-order valence-corrected chi connectivity index (χ3v) is 10.9. The quantitative estimate of drug-likeness (QED) is 0.0667. The highest BCUT2D eigenvalue weighted by atomic mass is 16.5. The highest BCUT2D eigenvalue weighted by Gasteiger charge is 2.36. The standard InChI is InChI=1S/C47H61N9O9/c1-6-7-8-21-63-33-13-10-31(11-14-33)42-51-27(2)40(28(3)52-42)44(58)54-36(17-18-48)46(60)56(5)41-32-12-16-39(65-23-20-50)35(26-32)34-24-30(9-15-38(34)64-22-19-49)25-37(47(61)62)55-43(57)29(4)53-45(41)59/h9-16,24,26,29,36-37,41H,6-8,17-23,25,48-50H2,1-5H3,(H,53,59)(H,54,58)(H,55,57)(H,61,62)/t29-,36-,37-,41-/m0/s1. The molecule has 18 nitrogen and oxygen atoms in total. The molecule has 4 aromatic rings. The number of benzene rings is 3. The van der Waals surface area contributed by atoms with Gasteiger partial charge in [0, 0.05) is 43.2 Å². The number of hydrogen-bond acceptors (Lipinski definition) is 13. The maximum absolute atomic E-state index is 14.7. The van der Waals surface area contributed by atoms with Gasteiger partial charge in [0.15, 0.2) is 5.82 Å². The van der Waals surface area contributed by atoms with Gasteiger partial charge in [-0.05, 0) is 99.8 Å². The Hall–Kier alpha value is -6.63. The van der Waals surface area contributed by atoms with Crippen molar-refractivity contribution in [3.8, 4) is 39.8 Å². The summed E-state index contributed by atoms with van der Waals surface area (Å²) < 4.78 is 17.9. The van der Waals surface area contributed by atoms with Gasteiger partial charge in [0.25, 0.3) is 5.91 Å². The van der Waals surface area contributed by atoms with Crippen LogP contribution >= 0.6 is 0 Å². The number of fused-ring (bicyclic) bond motifs is 5. The number of carboxylic acid groups (broad SMARTS) is 1. The summed E-state index contributed by atoms with van der Waals surface area (Å²) in [4.78, 5) is 79.5. The van der Waals surface area contributed by atoms with E-state index >= 15 is 0 Å². The van der Waals surface area contributed by atoms with Crippen molar-refractivity contribution >= 4 is 29.6 Å². The van der Waals surface area contributed by atoms with Crippen molar-refractivity contribution in [1.82, 2.24) is 30.8 Å². The number of carbonyl (C=O) groups is 5. The van der Waals surface area contributed by atoms with Crippen molar-refractivity contribution in [2.24, 2.45) is 17.2 Å². The van der Waals surface area contributed by atoms with E-state index in [2.05, 4.69) is 32.8 Å². The monoisotopic (exact) mass is 895 g/mol. The summed E-state index contributed by atoms with van der Waals surface area (Å²) in [5, 5.41) is 18.1. The second-order valence-corrected chi connectivity index (χ2v) is 15.8. The van der Waals surface area contributed by atoms with E-state index in [1.165, 1.54) is 18.9 Å². The number of likely N-dealkylation sites (N-methyl/N-ethyl adjacent to an activating group) is 1. The zero-order chi connectivity index (χ0) is 47.2. The Bertz CT molecular complexity index is 2300. The van der Waals surface area contributed by atoms with Crippen LogP contribution < -0.4 is 47.4 Å². The molecule has 0 fully saturated rings. The van der Waals surface area contributed by atoms with Crippen LogP contribution in [0.5, 0.6) is 17.2 Å². The van der Waals surface area contributed by atoms with E-state index in [0.29, 0.717) is 57.6 Å². The zero-order valence-electron chi connectivity index (χ0n) is 37.6. The number of amides is 4. The van der Waals surface area contributed by atoms with Crippen molar-refractivity contribution in [2.75, 3.05) is 46.5 Å². The minimum absolute atomic E-state index is 0.00566. The predicted octanol–water partition coefficient (Wildman–Crippen LogP) is 2.95. The summed E-state index contributed by atoms with van der Waals surface area (Å²) in [6.07, 6.45) is 3.05. The third-order valence-electron chi connectivity index (χ3n) is 10.9. The molecule has 1 aliphatic heterocycles. The van der Waals surface area contributed by atoms with Gasteiger partial charge in [-0.1, -0.05) is 31.9 Å². The lowest BCUT2D eigenvalue weighted by atomic mass is 9.93. The lowest BCUT2D eigenvalue weighted by Crippen LogP contribution is -2.55. The first-order valence-electron chi connectivity index (χ1n) is 21.8. The molecule has 0 radical (unpaired) electrons. The van der Waals surface area contributed by atoms with E-state index in [1.54, 1.807) is 50.2 Å². The van der Waals surface area contributed by atoms with Gasteiger partial charge in [0.05, 0.1) is 23.6 Å². The molecule has 0 aliphatic carbocycles. The maximum Gasteiger partial charge on any atom is 0.326 e. The van der Waals surface area contributed by atoms with Gasteiger partial charge in [-0.3, -0.25) is 19.2 Å². The van der Waals surface area contributed by atoms with Crippen LogP contribution in [-0.4, -0.2) is 114 Å². The number of aliphatic carboxylic acids is 1. The van der Waals surface area contributed by atoms with Crippen molar-refractivity contribution in [1.29, 1.82) is 0 Å². The maximum atomic E-state index is 14.7. The normalized spacial score (nSPS) is 16.6. The van der Waals surface area contributed by atoms with E-state index in [9.17, 15) is 29.1 Å². The van der Waals surface area contributed by atoms with Gasteiger partial charge in [0.1, 0.15) is 54.6 Å². The van der Waals surface area contributed by atoms with Crippen LogP contribution in [0.25, 0.3) is 22.5 Å². The molecule has 3 aromatic carbocycles. The molecule has 2 heterocycles. The lowest BCUT2D eigenvalue weighted by molar-refractivity contribution is -0.143. The molecule has 1 aromatic heterocycles. The topological polar surface area (TPSA) is 276 Å². The average molecular weight is 896 g/mol. The third kappa shape index (κ3) is 12.6. The molecule has 348 valence electrons. The Morgan fingerprint density at radius 2 is 1.46 bits per heavy atom. The average Bonchev–Trinajstić information content (AvgIpc) is 3.28. The van der Waals surface area contributed by atoms with Crippen molar-refractivity contribution in [2.45, 2.75) is 84.0 Å². The first-order valence-corrected chi connectivity index (χ1v) is 21.8. The van der Waals surface area contributed by atoms with E-state index in [0.717, 1.165) is 30.6 Å². The fourth-order valence-electron chi connectivity index (χ4n) is 7.52. The largest absolute Gasteiger partial charge is 0.494 e. The van der Waals surface area contributed by atoms with Gasteiger partial charge >= 0.3 is 5.97 Å². The van der Waals surface area contributed by atoms with Crippen LogP contribution in [0.2, 0.25) is 0 Å². The van der Waals surface area contributed by atoms with E-state index in [-0.39, 0.29) is 51.3 Å².